The number of aryl methyl sites for hydroxylation is 1. The van der Waals surface area contributed by atoms with Gasteiger partial charge in [0.25, 0.3) is 5.91 Å². The zero-order chi connectivity index (χ0) is 20.0. The highest BCUT2D eigenvalue weighted by Gasteiger charge is 2.31. The summed E-state index contributed by atoms with van der Waals surface area (Å²) >= 11 is 5.96. The van der Waals surface area contributed by atoms with Crippen molar-refractivity contribution in [3.05, 3.63) is 40.6 Å². The summed E-state index contributed by atoms with van der Waals surface area (Å²) in [6, 6.07) is 6.69. The van der Waals surface area contributed by atoms with Crippen molar-refractivity contribution in [2.45, 2.75) is 19.4 Å². The Hall–Kier alpha value is -2.08. The lowest BCUT2D eigenvalue weighted by atomic mass is 10.1. The molecule has 1 N–H and O–H groups in total. The van der Waals surface area contributed by atoms with Crippen LogP contribution < -0.4 is 5.32 Å². The van der Waals surface area contributed by atoms with Gasteiger partial charge in [-0.2, -0.15) is 5.26 Å². The summed E-state index contributed by atoms with van der Waals surface area (Å²) in [5, 5.41) is 12.6. The Kier molecular flexibility index (Phi) is 7.25. The van der Waals surface area contributed by atoms with Crippen LogP contribution in [-0.4, -0.2) is 57.0 Å². The van der Waals surface area contributed by atoms with Gasteiger partial charge >= 0.3 is 0 Å². The van der Waals surface area contributed by atoms with E-state index in [1.54, 1.807) is 23.1 Å². The SMILES string of the molecule is COCCN(/C=C(/C#N)C(=O)Nc1cc(Cl)ccc1C)C1CCS(=O)(=O)C1. The number of nitriles is 1. The second-order valence-electron chi connectivity index (χ2n) is 6.36. The number of hydrogen-bond acceptors (Lipinski definition) is 6. The van der Waals surface area contributed by atoms with Crippen molar-refractivity contribution in [3.8, 4) is 6.07 Å². The van der Waals surface area contributed by atoms with E-state index in [0.717, 1.165) is 5.56 Å². The van der Waals surface area contributed by atoms with E-state index >= 15 is 0 Å². The smallest absolute Gasteiger partial charge is 0.267 e. The summed E-state index contributed by atoms with van der Waals surface area (Å²) < 4.78 is 28.6. The van der Waals surface area contributed by atoms with Crippen LogP contribution in [0, 0.1) is 18.3 Å². The number of sulfone groups is 1. The van der Waals surface area contributed by atoms with Crippen molar-refractivity contribution < 1.29 is 17.9 Å². The lowest BCUT2D eigenvalue weighted by Crippen LogP contribution is -2.35. The molecule has 146 valence electrons. The zero-order valence-electron chi connectivity index (χ0n) is 15.2. The molecular weight excluding hydrogens is 390 g/mol. The molecule has 1 aromatic rings. The van der Waals surface area contributed by atoms with Crippen LogP contribution in [0.4, 0.5) is 5.69 Å². The van der Waals surface area contributed by atoms with Crippen LogP contribution in [0.2, 0.25) is 5.02 Å². The lowest BCUT2D eigenvalue weighted by molar-refractivity contribution is -0.112. The van der Waals surface area contributed by atoms with E-state index in [9.17, 15) is 18.5 Å². The Labute approximate surface area is 164 Å². The molecule has 1 atom stereocenters. The lowest BCUT2D eigenvalue weighted by Gasteiger charge is -2.26. The van der Waals surface area contributed by atoms with Gasteiger partial charge in [0.05, 0.1) is 18.1 Å². The maximum Gasteiger partial charge on any atom is 0.267 e. The van der Waals surface area contributed by atoms with Crippen LogP contribution in [0.3, 0.4) is 0 Å². The minimum atomic E-state index is -3.10. The van der Waals surface area contributed by atoms with Gasteiger partial charge in [0.1, 0.15) is 11.6 Å². The molecule has 9 heteroatoms. The molecule has 1 fully saturated rings. The molecule has 0 bridgehead atoms. The maximum atomic E-state index is 12.5. The molecule has 0 spiro atoms. The van der Waals surface area contributed by atoms with E-state index in [4.69, 9.17) is 16.3 Å². The topological polar surface area (TPSA) is 99.5 Å². The van der Waals surface area contributed by atoms with Gasteiger partial charge in [-0.15, -0.1) is 0 Å². The average molecular weight is 412 g/mol. The summed E-state index contributed by atoms with van der Waals surface area (Å²) in [6.45, 7) is 2.54. The zero-order valence-corrected chi connectivity index (χ0v) is 16.8. The Morgan fingerprint density at radius 3 is 2.85 bits per heavy atom. The van der Waals surface area contributed by atoms with Gasteiger partial charge in [-0.25, -0.2) is 8.42 Å². The van der Waals surface area contributed by atoms with E-state index in [1.165, 1.54) is 13.3 Å². The summed E-state index contributed by atoms with van der Waals surface area (Å²) in [4.78, 5) is 14.2. The van der Waals surface area contributed by atoms with E-state index in [0.29, 0.717) is 30.3 Å². The van der Waals surface area contributed by atoms with Crippen molar-refractivity contribution in [2.75, 3.05) is 37.1 Å². The Morgan fingerprint density at radius 1 is 1.52 bits per heavy atom. The molecule has 0 saturated carbocycles. The van der Waals surface area contributed by atoms with Crippen LogP contribution in [0.1, 0.15) is 12.0 Å². The fourth-order valence-electron chi connectivity index (χ4n) is 2.81. The molecule has 1 heterocycles. The van der Waals surface area contributed by atoms with Gasteiger partial charge < -0.3 is 15.0 Å². The number of methoxy groups -OCH3 is 1. The number of carbonyl (C=O) groups excluding carboxylic acids is 1. The highest BCUT2D eigenvalue weighted by molar-refractivity contribution is 7.91. The minimum absolute atomic E-state index is 0.000936. The number of nitrogens with one attached hydrogen (secondary N) is 1. The number of amides is 1. The Balaban J connectivity index is 2.22. The Morgan fingerprint density at radius 2 is 2.26 bits per heavy atom. The number of anilines is 1. The first-order valence-electron chi connectivity index (χ1n) is 8.40. The van der Waals surface area contributed by atoms with E-state index in [2.05, 4.69) is 5.32 Å². The number of nitrogens with zero attached hydrogens (tertiary/aromatic N) is 2. The summed E-state index contributed by atoms with van der Waals surface area (Å²) in [5.41, 5.74) is 1.21. The van der Waals surface area contributed by atoms with Crippen molar-refractivity contribution >= 4 is 33.0 Å². The first-order valence-corrected chi connectivity index (χ1v) is 10.6. The first-order chi connectivity index (χ1) is 12.8. The molecule has 0 aliphatic carbocycles. The van der Waals surface area contributed by atoms with Gasteiger partial charge in [0.15, 0.2) is 9.84 Å². The largest absolute Gasteiger partial charge is 0.383 e. The van der Waals surface area contributed by atoms with Gasteiger partial charge in [0.2, 0.25) is 0 Å². The summed E-state index contributed by atoms with van der Waals surface area (Å²) in [6.07, 6.45) is 1.87. The Bertz CT molecular complexity index is 877. The minimum Gasteiger partial charge on any atom is -0.383 e. The maximum absolute atomic E-state index is 12.5. The highest BCUT2D eigenvalue weighted by atomic mass is 35.5. The molecule has 2 rings (SSSR count). The first kappa shape index (κ1) is 21.2. The number of carbonyl (C=O) groups is 1. The van der Waals surface area contributed by atoms with Crippen LogP contribution in [-0.2, 0) is 19.4 Å². The van der Waals surface area contributed by atoms with Gasteiger partial charge in [-0.1, -0.05) is 17.7 Å². The monoisotopic (exact) mass is 411 g/mol. The number of rotatable bonds is 7. The van der Waals surface area contributed by atoms with Gasteiger partial charge in [0, 0.05) is 36.6 Å². The molecule has 7 nitrogen and oxygen atoms in total. The molecule has 0 aromatic heterocycles. The average Bonchev–Trinajstić information content (AvgIpc) is 2.98. The van der Waals surface area contributed by atoms with Crippen LogP contribution >= 0.6 is 11.6 Å². The van der Waals surface area contributed by atoms with Gasteiger partial charge in [-0.05, 0) is 31.0 Å². The molecule has 1 aromatic carbocycles. The molecule has 1 unspecified atom stereocenters. The third kappa shape index (κ3) is 5.96. The van der Waals surface area contributed by atoms with Crippen LogP contribution in [0.5, 0.6) is 0 Å². The predicted octanol–water partition coefficient (Wildman–Crippen LogP) is 2.13. The molecule has 1 aliphatic rings. The van der Waals surface area contributed by atoms with Crippen molar-refractivity contribution in [3.63, 3.8) is 0 Å². The fraction of sp³-hybridized carbons (Fsp3) is 0.444. The van der Waals surface area contributed by atoms with Gasteiger partial charge in [-0.3, -0.25) is 4.79 Å². The molecule has 27 heavy (non-hydrogen) atoms. The number of halogens is 1. The third-order valence-electron chi connectivity index (χ3n) is 4.34. The third-order valence-corrected chi connectivity index (χ3v) is 6.32. The fourth-order valence-corrected chi connectivity index (χ4v) is 4.72. The van der Waals surface area contributed by atoms with Crippen molar-refractivity contribution in [1.29, 1.82) is 5.26 Å². The second-order valence-corrected chi connectivity index (χ2v) is 9.02. The molecular formula is C18H22ClN3O4S. The molecule has 1 aliphatic heterocycles. The second kappa shape index (κ2) is 9.22. The van der Waals surface area contributed by atoms with Crippen molar-refractivity contribution in [2.24, 2.45) is 0 Å². The summed E-state index contributed by atoms with van der Waals surface area (Å²) in [5.74, 6) is -0.475. The summed E-state index contributed by atoms with van der Waals surface area (Å²) in [7, 11) is -1.56. The molecule has 1 saturated heterocycles. The van der Waals surface area contributed by atoms with E-state index < -0.39 is 15.7 Å². The number of hydrogen-bond donors (Lipinski definition) is 1. The van der Waals surface area contributed by atoms with Crippen molar-refractivity contribution in [1.82, 2.24) is 4.90 Å². The van der Waals surface area contributed by atoms with E-state index in [1.807, 2.05) is 13.0 Å². The standard InChI is InChI=1S/C18H22ClN3O4S/c1-13-3-4-15(19)9-17(13)21-18(23)14(10-20)11-22(6-7-26-2)16-5-8-27(24,25)12-16/h3-4,9,11,16H,5-8,12H2,1-2H3,(H,21,23)/b14-11-. The molecule has 0 radical (unpaired) electrons. The van der Waals surface area contributed by atoms with E-state index in [-0.39, 0.29) is 23.1 Å². The number of benzene rings is 1. The molecule has 1 amide bonds. The predicted molar refractivity (Wildman–Crippen MR) is 104 cm³/mol. The quantitative estimate of drug-likeness (QED) is 0.545. The normalized spacial score (nSPS) is 18.7. The van der Waals surface area contributed by atoms with Crippen LogP contribution in [0.15, 0.2) is 30.0 Å². The number of ether oxygens (including phenoxy) is 1. The van der Waals surface area contributed by atoms with Crippen LogP contribution in [0.25, 0.3) is 0 Å². The highest BCUT2D eigenvalue weighted by Crippen LogP contribution is 2.22.